The maximum absolute atomic E-state index is 12.2. The average Bonchev–Trinajstić information content (AvgIpc) is 2.86. The largest absolute Gasteiger partial charge is 0.505 e. The van der Waals surface area contributed by atoms with Crippen molar-refractivity contribution in [2.45, 2.75) is 9.79 Å². The molecule has 4 rings (SSSR count). The van der Waals surface area contributed by atoms with E-state index in [1.807, 2.05) is 31.1 Å². The smallest absolute Gasteiger partial charge is 0.296 e. The predicted molar refractivity (Wildman–Crippen MR) is 144 cm³/mol. The van der Waals surface area contributed by atoms with E-state index in [9.17, 15) is 31.0 Å². The third kappa shape index (κ3) is 5.86. The number of aromatic hydroxyl groups is 1. The monoisotopic (exact) mass is 554 g/mol. The Morgan fingerprint density at radius 1 is 0.816 bits per heavy atom. The quantitative estimate of drug-likeness (QED) is 0.158. The van der Waals surface area contributed by atoms with Crippen molar-refractivity contribution in [3.63, 3.8) is 0 Å². The van der Waals surface area contributed by atoms with E-state index in [4.69, 9.17) is 0 Å². The molecule has 0 radical (unpaired) electrons. The van der Waals surface area contributed by atoms with Gasteiger partial charge in [-0.1, -0.05) is 30.3 Å². The number of aliphatic imine (C=N–C) groups is 1. The minimum atomic E-state index is -4.95. The van der Waals surface area contributed by atoms with Crippen LogP contribution in [0.1, 0.15) is 5.56 Å². The summed E-state index contributed by atoms with van der Waals surface area (Å²) >= 11 is 0. The molecule has 11 nitrogen and oxygen atoms in total. The normalized spacial score (nSPS) is 12.5. The van der Waals surface area contributed by atoms with Gasteiger partial charge in [0.1, 0.15) is 10.6 Å². The SMILES string of the molecule is CN(C)c1ccc(C=Nc2cc(S(=O)(=O)O)cc3cc(S(=O)(=O)O)c(N=Nc4ccccc4)c(O)c23)cc1. The van der Waals surface area contributed by atoms with Crippen LogP contribution in [0.5, 0.6) is 5.75 Å². The highest BCUT2D eigenvalue weighted by molar-refractivity contribution is 7.86. The highest BCUT2D eigenvalue weighted by Crippen LogP contribution is 2.46. The molecule has 4 aromatic carbocycles. The highest BCUT2D eigenvalue weighted by atomic mass is 32.2. The van der Waals surface area contributed by atoms with Crippen molar-refractivity contribution >= 4 is 60.0 Å². The Kier molecular flexibility index (Phi) is 7.29. The zero-order chi connectivity index (χ0) is 27.7. The molecule has 0 amide bonds. The molecule has 13 heteroatoms. The summed E-state index contributed by atoms with van der Waals surface area (Å²) in [5, 5.41) is 18.7. The third-order valence-corrected chi connectivity index (χ3v) is 7.16. The first-order valence-electron chi connectivity index (χ1n) is 10.9. The van der Waals surface area contributed by atoms with Crippen molar-refractivity contribution in [1.82, 2.24) is 0 Å². The molecule has 0 bridgehead atoms. The lowest BCUT2D eigenvalue weighted by Gasteiger charge is -2.12. The zero-order valence-electron chi connectivity index (χ0n) is 20.1. The molecule has 0 aliphatic carbocycles. The fourth-order valence-corrected chi connectivity index (χ4v) is 4.78. The van der Waals surface area contributed by atoms with E-state index >= 15 is 0 Å². The molecule has 0 aliphatic rings. The van der Waals surface area contributed by atoms with Gasteiger partial charge in [-0.2, -0.15) is 21.9 Å². The van der Waals surface area contributed by atoms with Crippen LogP contribution in [-0.2, 0) is 20.2 Å². The predicted octanol–water partition coefficient (Wildman–Crippen LogP) is 5.27. The molecule has 0 unspecified atom stereocenters. The van der Waals surface area contributed by atoms with Gasteiger partial charge >= 0.3 is 0 Å². The molecular weight excluding hydrogens is 532 g/mol. The second kappa shape index (κ2) is 10.3. The molecule has 4 aromatic rings. The Morgan fingerprint density at radius 3 is 2.05 bits per heavy atom. The average molecular weight is 555 g/mol. The first-order chi connectivity index (χ1) is 17.8. The number of hydrogen-bond donors (Lipinski definition) is 3. The van der Waals surface area contributed by atoms with Crippen molar-refractivity contribution in [3.05, 3.63) is 78.4 Å². The van der Waals surface area contributed by atoms with Crippen molar-refractivity contribution in [3.8, 4) is 5.75 Å². The number of phenolic OH excluding ortho intramolecular Hbond substituents is 1. The number of benzene rings is 4. The molecule has 3 N–H and O–H groups in total. The van der Waals surface area contributed by atoms with Gasteiger partial charge in [0.2, 0.25) is 0 Å². The van der Waals surface area contributed by atoms with E-state index < -0.39 is 41.5 Å². The number of rotatable bonds is 7. The van der Waals surface area contributed by atoms with E-state index in [1.54, 1.807) is 42.5 Å². The molecule has 38 heavy (non-hydrogen) atoms. The molecular formula is C25H22N4O7S2. The van der Waals surface area contributed by atoms with E-state index in [0.29, 0.717) is 11.3 Å². The molecule has 0 atom stereocenters. The molecule has 0 fully saturated rings. The fourth-order valence-electron chi connectivity index (χ4n) is 3.59. The van der Waals surface area contributed by atoms with Crippen LogP contribution in [0.4, 0.5) is 22.7 Å². The number of anilines is 1. The van der Waals surface area contributed by atoms with Crippen molar-refractivity contribution < 1.29 is 31.0 Å². The molecule has 0 spiro atoms. The van der Waals surface area contributed by atoms with Gasteiger partial charge in [-0.3, -0.25) is 14.1 Å². The maximum atomic E-state index is 12.2. The molecule has 0 saturated carbocycles. The summed E-state index contributed by atoms with van der Waals surface area (Å²) in [4.78, 5) is 4.80. The first kappa shape index (κ1) is 26.9. The van der Waals surface area contributed by atoms with E-state index in [-0.39, 0.29) is 16.5 Å². The molecule has 196 valence electrons. The Balaban J connectivity index is 1.98. The Bertz CT molecular complexity index is 1790. The number of nitrogens with zero attached hydrogens (tertiary/aromatic N) is 4. The van der Waals surface area contributed by atoms with Crippen LogP contribution in [-0.4, -0.2) is 51.4 Å². The number of hydrogen-bond acceptors (Lipinski definition) is 9. The molecule has 0 heterocycles. The highest BCUT2D eigenvalue weighted by Gasteiger charge is 2.25. The first-order valence-corrected chi connectivity index (χ1v) is 13.8. The van der Waals surface area contributed by atoms with Crippen molar-refractivity contribution in [2.24, 2.45) is 15.2 Å². The van der Waals surface area contributed by atoms with Crippen molar-refractivity contribution in [2.75, 3.05) is 19.0 Å². The van der Waals surface area contributed by atoms with Gasteiger partial charge < -0.3 is 10.0 Å². The Hall–Kier alpha value is -4.17. The minimum Gasteiger partial charge on any atom is -0.505 e. The second-order valence-electron chi connectivity index (χ2n) is 8.34. The number of azo groups is 1. The summed E-state index contributed by atoms with van der Waals surface area (Å²) < 4.78 is 67.7. The van der Waals surface area contributed by atoms with Gasteiger partial charge in [-0.15, -0.1) is 5.11 Å². The Labute approximate surface area is 218 Å². The van der Waals surface area contributed by atoms with Gasteiger partial charge in [0.15, 0.2) is 5.75 Å². The van der Waals surface area contributed by atoms with E-state index in [1.165, 1.54) is 6.21 Å². The zero-order valence-corrected chi connectivity index (χ0v) is 21.7. The van der Waals surface area contributed by atoms with Crippen LogP contribution in [0.3, 0.4) is 0 Å². The maximum Gasteiger partial charge on any atom is 0.296 e. The van der Waals surface area contributed by atoms with Crippen LogP contribution in [0, 0.1) is 0 Å². The number of phenols is 1. The van der Waals surface area contributed by atoms with Crippen molar-refractivity contribution in [1.29, 1.82) is 0 Å². The Morgan fingerprint density at radius 2 is 1.47 bits per heavy atom. The summed E-state index contributed by atoms with van der Waals surface area (Å²) in [6, 6.07) is 18.4. The van der Waals surface area contributed by atoms with Gasteiger partial charge in [0.05, 0.1) is 21.7 Å². The fraction of sp³-hybridized carbons (Fsp3) is 0.0800. The van der Waals surface area contributed by atoms with Gasteiger partial charge in [-0.05, 0) is 53.4 Å². The van der Waals surface area contributed by atoms with E-state index in [2.05, 4.69) is 15.2 Å². The standard InChI is InChI=1S/C25H22N4O7S2/c1-29(2)19-10-8-16(9-11-19)15-26-21-14-20(37(31,32)33)12-17-13-22(38(34,35)36)24(25(30)23(17)21)28-27-18-6-4-3-5-7-18/h3-15,30H,1-2H3,(H,31,32,33)(H,34,35,36). The van der Waals surface area contributed by atoms with Crippen LogP contribution in [0.25, 0.3) is 10.8 Å². The van der Waals surface area contributed by atoms with Gasteiger partial charge in [-0.25, -0.2) is 0 Å². The lowest BCUT2D eigenvalue weighted by atomic mass is 10.1. The third-order valence-electron chi connectivity index (χ3n) is 5.46. The molecule has 0 saturated heterocycles. The summed E-state index contributed by atoms with van der Waals surface area (Å²) in [5.74, 6) is -0.716. The summed E-state index contributed by atoms with van der Waals surface area (Å²) in [5.41, 5.74) is 1.23. The lowest BCUT2D eigenvalue weighted by molar-refractivity contribution is 0.472. The summed E-state index contributed by atoms with van der Waals surface area (Å²) in [6.07, 6.45) is 1.41. The molecule has 0 aromatic heterocycles. The lowest BCUT2D eigenvalue weighted by Crippen LogP contribution is -2.08. The topological polar surface area (TPSA) is 169 Å². The van der Waals surface area contributed by atoms with Gasteiger partial charge in [0, 0.05) is 26.0 Å². The minimum absolute atomic E-state index is 0.0760. The molecule has 0 aliphatic heterocycles. The van der Waals surface area contributed by atoms with Gasteiger partial charge in [0.25, 0.3) is 20.2 Å². The summed E-state index contributed by atoms with van der Waals surface area (Å²) in [7, 11) is -5.93. The summed E-state index contributed by atoms with van der Waals surface area (Å²) in [6.45, 7) is 0. The van der Waals surface area contributed by atoms with Crippen LogP contribution in [0.2, 0.25) is 0 Å². The second-order valence-corrected chi connectivity index (χ2v) is 11.2. The van der Waals surface area contributed by atoms with E-state index in [0.717, 1.165) is 23.9 Å². The van der Waals surface area contributed by atoms with Crippen LogP contribution < -0.4 is 4.90 Å². The van der Waals surface area contributed by atoms with Crippen LogP contribution >= 0.6 is 0 Å². The van der Waals surface area contributed by atoms with Crippen LogP contribution in [0.15, 0.2) is 97.8 Å². The number of fused-ring (bicyclic) bond motifs is 1.